The van der Waals surface area contributed by atoms with E-state index in [1.807, 2.05) is 38.4 Å². The van der Waals surface area contributed by atoms with Crippen molar-refractivity contribution in [2.24, 2.45) is 0 Å². The molecule has 1 aromatic heterocycles. The monoisotopic (exact) mass is 472 g/mol. The number of nitrogens with one attached hydrogen (secondary N) is 1. The van der Waals surface area contributed by atoms with E-state index >= 15 is 0 Å². The number of phenolic OH excluding ortho intramolecular Hbond substituents is 2. The van der Waals surface area contributed by atoms with Gasteiger partial charge in [0, 0.05) is 18.7 Å². The summed E-state index contributed by atoms with van der Waals surface area (Å²) in [5.41, 5.74) is 0.952. The van der Waals surface area contributed by atoms with Gasteiger partial charge in [-0.15, -0.1) is 0 Å². The third-order valence-corrected chi connectivity index (χ3v) is 5.96. The maximum absolute atomic E-state index is 12.6. The van der Waals surface area contributed by atoms with Crippen LogP contribution in [0.1, 0.15) is 26.3 Å². The Morgan fingerprint density at radius 2 is 1.74 bits per heavy atom. The molecule has 0 saturated heterocycles. The zero-order valence-electron chi connectivity index (χ0n) is 19.3. The average molecular weight is 473 g/mol. The molecular formula is C26H24N4O5. The fourth-order valence-electron chi connectivity index (χ4n) is 4.20. The van der Waals surface area contributed by atoms with Gasteiger partial charge in [0.15, 0.2) is 28.8 Å². The molecule has 35 heavy (non-hydrogen) atoms. The third kappa shape index (κ3) is 3.95. The normalized spacial score (nSPS) is 14.2. The number of hydrogen-bond acceptors (Lipinski definition) is 9. The van der Waals surface area contributed by atoms with E-state index in [0.717, 1.165) is 30.8 Å². The number of fused-ring (bicyclic) bond motifs is 3. The van der Waals surface area contributed by atoms with Gasteiger partial charge in [-0.3, -0.25) is 9.59 Å². The minimum Gasteiger partial charge on any atom is -0.505 e. The Balaban J connectivity index is 1.64. The fourth-order valence-corrected chi connectivity index (χ4v) is 4.20. The molecule has 2 aromatic carbocycles. The number of anilines is 3. The Hall–Kier alpha value is -4.37. The number of aromatic hydroxyl groups is 2. The number of aromatic nitrogens is 1. The molecule has 0 bridgehead atoms. The molecule has 3 aromatic rings. The SMILES string of the molecule is CN(C)CCNc1ccc(N2Cc3ccccc3Oc3c(O)c4c(c(O)c32)C(=O)C=CC4=O)cn1. The minimum absolute atomic E-state index is 0.0871. The number of hydrogen-bond donors (Lipinski definition) is 3. The van der Waals surface area contributed by atoms with Crippen molar-refractivity contribution in [3.05, 3.63) is 71.4 Å². The first-order valence-corrected chi connectivity index (χ1v) is 11.1. The highest BCUT2D eigenvalue weighted by molar-refractivity contribution is 6.25. The summed E-state index contributed by atoms with van der Waals surface area (Å²) >= 11 is 0. The van der Waals surface area contributed by atoms with E-state index in [9.17, 15) is 19.8 Å². The molecule has 5 rings (SSSR count). The topological polar surface area (TPSA) is 115 Å². The molecule has 3 N–H and O–H groups in total. The van der Waals surface area contributed by atoms with Crippen LogP contribution >= 0.6 is 0 Å². The molecule has 2 heterocycles. The van der Waals surface area contributed by atoms with E-state index in [1.54, 1.807) is 23.2 Å². The summed E-state index contributed by atoms with van der Waals surface area (Å²) in [6.45, 7) is 1.83. The Labute approximate surface area is 201 Å². The molecular weight excluding hydrogens is 448 g/mol. The van der Waals surface area contributed by atoms with E-state index in [1.165, 1.54) is 0 Å². The van der Waals surface area contributed by atoms with Crippen LogP contribution in [0.4, 0.5) is 17.2 Å². The molecule has 0 amide bonds. The zero-order valence-corrected chi connectivity index (χ0v) is 19.3. The predicted molar refractivity (Wildman–Crippen MR) is 131 cm³/mol. The fraction of sp³-hybridized carbons (Fsp3) is 0.192. The van der Waals surface area contributed by atoms with Crippen molar-refractivity contribution in [3.8, 4) is 23.0 Å². The maximum Gasteiger partial charge on any atom is 0.197 e. The molecule has 0 fully saturated rings. The van der Waals surface area contributed by atoms with Gasteiger partial charge in [0.1, 0.15) is 17.3 Å². The number of likely N-dealkylation sites (N-methyl/N-ethyl adjacent to an activating group) is 1. The summed E-state index contributed by atoms with van der Waals surface area (Å²) in [4.78, 5) is 33.4. The van der Waals surface area contributed by atoms with Crippen LogP contribution in [0, 0.1) is 0 Å². The van der Waals surface area contributed by atoms with Gasteiger partial charge in [-0.25, -0.2) is 4.98 Å². The number of allylic oxidation sites excluding steroid dienone is 2. The maximum atomic E-state index is 12.6. The van der Waals surface area contributed by atoms with Crippen LogP contribution in [0.5, 0.6) is 23.0 Å². The first-order chi connectivity index (χ1) is 16.8. The van der Waals surface area contributed by atoms with Gasteiger partial charge in [0.2, 0.25) is 0 Å². The Morgan fingerprint density at radius 1 is 1.03 bits per heavy atom. The van der Waals surface area contributed by atoms with Gasteiger partial charge >= 0.3 is 0 Å². The minimum atomic E-state index is -0.585. The van der Waals surface area contributed by atoms with Crippen molar-refractivity contribution in [2.75, 3.05) is 37.4 Å². The smallest absolute Gasteiger partial charge is 0.197 e. The molecule has 1 aliphatic carbocycles. The van der Waals surface area contributed by atoms with Crippen molar-refractivity contribution in [1.82, 2.24) is 9.88 Å². The van der Waals surface area contributed by atoms with Crippen LogP contribution in [-0.4, -0.2) is 58.8 Å². The summed E-state index contributed by atoms with van der Waals surface area (Å²) in [6.07, 6.45) is 3.80. The highest BCUT2D eigenvalue weighted by atomic mass is 16.5. The number of ketones is 2. The van der Waals surface area contributed by atoms with Crippen molar-refractivity contribution >= 4 is 28.8 Å². The molecule has 178 valence electrons. The second-order valence-corrected chi connectivity index (χ2v) is 8.61. The van der Waals surface area contributed by atoms with Gasteiger partial charge in [-0.1, -0.05) is 18.2 Å². The zero-order chi connectivity index (χ0) is 24.7. The number of benzene rings is 2. The summed E-state index contributed by atoms with van der Waals surface area (Å²) in [6, 6.07) is 10.9. The summed E-state index contributed by atoms with van der Waals surface area (Å²) < 4.78 is 6.04. The lowest BCUT2D eigenvalue weighted by molar-refractivity contribution is 0.0989. The van der Waals surface area contributed by atoms with Gasteiger partial charge in [-0.2, -0.15) is 0 Å². The first-order valence-electron chi connectivity index (χ1n) is 11.1. The number of carbonyl (C=O) groups excluding carboxylic acids is 2. The van der Waals surface area contributed by atoms with Crippen molar-refractivity contribution in [3.63, 3.8) is 0 Å². The van der Waals surface area contributed by atoms with Gasteiger partial charge < -0.3 is 30.1 Å². The van der Waals surface area contributed by atoms with Crippen LogP contribution in [0.15, 0.2) is 54.7 Å². The van der Waals surface area contributed by atoms with Crippen LogP contribution < -0.4 is 15.0 Å². The first kappa shape index (κ1) is 22.4. The predicted octanol–water partition coefficient (Wildman–Crippen LogP) is 3.85. The van der Waals surface area contributed by atoms with Crippen LogP contribution in [0.3, 0.4) is 0 Å². The number of nitrogens with zero attached hydrogens (tertiary/aromatic N) is 3. The summed E-state index contributed by atoms with van der Waals surface area (Å²) in [5.74, 6) is -1.04. The average Bonchev–Trinajstić information content (AvgIpc) is 3.02. The summed E-state index contributed by atoms with van der Waals surface area (Å²) in [5, 5.41) is 25.6. The lowest BCUT2D eigenvalue weighted by Crippen LogP contribution is -2.21. The lowest BCUT2D eigenvalue weighted by Gasteiger charge is -2.27. The number of ether oxygens (including phenoxy) is 1. The van der Waals surface area contributed by atoms with E-state index in [-0.39, 0.29) is 29.1 Å². The number of carbonyl (C=O) groups is 2. The van der Waals surface area contributed by atoms with Crippen LogP contribution in [-0.2, 0) is 6.54 Å². The van der Waals surface area contributed by atoms with E-state index in [4.69, 9.17) is 4.74 Å². The highest BCUT2D eigenvalue weighted by Gasteiger charge is 2.37. The summed E-state index contributed by atoms with van der Waals surface area (Å²) in [7, 11) is 3.98. The van der Waals surface area contributed by atoms with Crippen molar-refractivity contribution in [1.29, 1.82) is 0 Å². The van der Waals surface area contributed by atoms with Crippen LogP contribution in [0.2, 0.25) is 0 Å². The standard InChI is InChI=1S/C26H24N4O5/c1-29(2)12-11-27-20-10-7-16(13-28-20)30-14-15-5-3-4-6-19(15)35-26-23(30)24(33)21-17(31)8-9-18(32)22(21)25(26)34/h3-10,13,33-34H,11-12,14H2,1-2H3,(H,27,28). The molecule has 9 heteroatoms. The van der Waals surface area contributed by atoms with E-state index in [0.29, 0.717) is 17.3 Å². The second kappa shape index (κ2) is 8.77. The number of pyridine rings is 1. The Morgan fingerprint density at radius 3 is 2.43 bits per heavy atom. The Kier molecular flexibility index (Phi) is 5.62. The second-order valence-electron chi connectivity index (χ2n) is 8.61. The van der Waals surface area contributed by atoms with Gasteiger partial charge in [0.05, 0.1) is 29.6 Å². The van der Waals surface area contributed by atoms with E-state index < -0.39 is 23.1 Å². The number of phenols is 2. The molecule has 0 unspecified atom stereocenters. The molecule has 2 aliphatic rings. The van der Waals surface area contributed by atoms with Gasteiger partial charge in [0.25, 0.3) is 0 Å². The lowest BCUT2D eigenvalue weighted by atomic mass is 9.91. The molecule has 1 aliphatic heterocycles. The molecule has 0 spiro atoms. The molecule has 0 radical (unpaired) electrons. The van der Waals surface area contributed by atoms with Gasteiger partial charge in [-0.05, 0) is 44.4 Å². The number of rotatable bonds is 5. The number of para-hydroxylation sites is 1. The third-order valence-electron chi connectivity index (χ3n) is 5.96. The highest BCUT2D eigenvalue weighted by Crippen LogP contribution is 2.55. The molecule has 0 atom stereocenters. The van der Waals surface area contributed by atoms with Crippen LogP contribution in [0.25, 0.3) is 0 Å². The van der Waals surface area contributed by atoms with Crippen molar-refractivity contribution in [2.45, 2.75) is 6.54 Å². The molecule has 9 nitrogen and oxygen atoms in total. The largest absolute Gasteiger partial charge is 0.505 e. The quantitative estimate of drug-likeness (QED) is 0.476. The Bertz CT molecular complexity index is 1370. The van der Waals surface area contributed by atoms with Crippen molar-refractivity contribution < 1.29 is 24.5 Å². The van der Waals surface area contributed by atoms with E-state index in [2.05, 4.69) is 15.2 Å². The molecule has 0 saturated carbocycles.